The van der Waals surface area contributed by atoms with Crippen molar-refractivity contribution in [2.45, 2.75) is 6.92 Å². The molecule has 0 radical (unpaired) electrons. The van der Waals surface area contributed by atoms with E-state index in [2.05, 4.69) is 10.1 Å². The molecule has 1 N–H and O–H groups in total. The maximum absolute atomic E-state index is 12.2. The van der Waals surface area contributed by atoms with Crippen LogP contribution in [0.5, 0.6) is 11.5 Å². The Hall–Kier alpha value is -3.35. The summed E-state index contributed by atoms with van der Waals surface area (Å²) in [5, 5.41) is 2.68. The van der Waals surface area contributed by atoms with Gasteiger partial charge in [0.05, 0.1) is 19.8 Å². The average molecular weight is 357 g/mol. The lowest BCUT2D eigenvalue weighted by Crippen LogP contribution is -2.21. The van der Waals surface area contributed by atoms with Gasteiger partial charge in [0, 0.05) is 11.3 Å². The number of amides is 1. The molecule has 0 heterocycles. The number of hydrogen-bond donors (Lipinski definition) is 1. The molecule has 0 aromatic heterocycles. The SMILES string of the molecule is COC(=O)c1ccc(C)c(NC(=O)COc2cc(C=O)ccc2OC)c1. The van der Waals surface area contributed by atoms with Crippen molar-refractivity contribution in [1.29, 1.82) is 0 Å². The molecule has 2 aromatic carbocycles. The highest BCUT2D eigenvalue weighted by Crippen LogP contribution is 2.27. The molecule has 2 rings (SSSR count). The highest BCUT2D eigenvalue weighted by molar-refractivity contribution is 5.96. The Balaban J connectivity index is 2.08. The van der Waals surface area contributed by atoms with E-state index in [0.29, 0.717) is 28.8 Å². The standard InChI is InChI=1S/C19H19NO6/c1-12-4-6-14(19(23)25-3)9-15(12)20-18(22)11-26-17-8-13(10-21)5-7-16(17)24-2/h4-10H,11H2,1-3H3,(H,20,22). The molecule has 0 saturated carbocycles. The van der Waals surface area contributed by atoms with Crippen LogP contribution in [0.4, 0.5) is 5.69 Å². The molecule has 0 atom stereocenters. The monoisotopic (exact) mass is 357 g/mol. The molecule has 0 bridgehead atoms. The van der Waals surface area contributed by atoms with Crippen molar-refractivity contribution in [3.8, 4) is 11.5 Å². The van der Waals surface area contributed by atoms with Gasteiger partial charge in [0.1, 0.15) is 6.29 Å². The lowest BCUT2D eigenvalue weighted by atomic mass is 10.1. The molecule has 0 aliphatic rings. The van der Waals surface area contributed by atoms with E-state index in [1.54, 1.807) is 31.2 Å². The number of aldehydes is 1. The van der Waals surface area contributed by atoms with Crippen LogP contribution in [0.3, 0.4) is 0 Å². The molecule has 136 valence electrons. The Morgan fingerprint density at radius 2 is 1.85 bits per heavy atom. The minimum Gasteiger partial charge on any atom is -0.493 e. The first-order valence-electron chi connectivity index (χ1n) is 7.73. The minimum atomic E-state index is -0.493. The normalized spacial score (nSPS) is 9.96. The van der Waals surface area contributed by atoms with Crippen molar-refractivity contribution in [1.82, 2.24) is 0 Å². The van der Waals surface area contributed by atoms with Crippen LogP contribution in [0.2, 0.25) is 0 Å². The molecule has 7 heteroatoms. The molecule has 7 nitrogen and oxygen atoms in total. The zero-order valence-electron chi connectivity index (χ0n) is 14.7. The molecule has 0 aliphatic heterocycles. The summed E-state index contributed by atoms with van der Waals surface area (Å²) in [4.78, 5) is 34.7. The lowest BCUT2D eigenvalue weighted by Gasteiger charge is -2.13. The number of benzene rings is 2. The van der Waals surface area contributed by atoms with Crippen molar-refractivity contribution in [3.05, 3.63) is 53.1 Å². The molecule has 0 aliphatic carbocycles. The van der Waals surface area contributed by atoms with Gasteiger partial charge in [-0.15, -0.1) is 0 Å². The second-order valence-electron chi connectivity index (χ2n) is 5.39. The number of methoxy groups -OCH3 is 2. The number of hydrogen-bond acceptors (Lipinski definition) is 6. The smallest absolute Gasteiger partial charge is 0.337 e. The molecule has 0 fully saturated rings. The Kier molecular flexibility index (Phi) is 6.32. The van der Waals surface area contributed by atoms with Crippen LogP contribution in [0, 0.1) is 6.92 Å². The first-order valence-corrected chi connectivity index (χ1v) is 7.73. The second kappa shape index (κ2) is 8.66. The van der Waals surface area contributed by atoms with Gasteiger partial charge < -0.3 is 19.5 Å². The third-order valence-corrected chi connectivity index (χ3v) is 3.62. The molecule has 1 amide bonds. The van der Waals surface area contributed by atoms with Gasteiger partial charge in [-0.05, 0) is 42.8 Å². The maximum atomic E-state index is 12.2. The zero-order chi connectivity index (χ0) is 19.1. The number of ether oxygens (including phenoxy) is 3. The number of carbonyl (C=O) groups excluding carboxylic acids is 3. The van der Waals surface area contributed by atoms with Crippen molar-refractivity contribution < 1.29 is 28.6 Å². The van der Waals surface area contributed by atoms with Gasteiger partial charge in [0.25, 0.3) is 5.91 Å². The van der Waals surface area contributed by atoms with Gasteiger partial charge in [0.15, 0.2) is 18.1 Å². The Morgan fingerprint density at radius 3 is 2.50 bits per heavy atom. The highest BCUT2D eigenvalue weighted by atomic mass is 16.5. The molecule has 2 aromatic rings. The number of anilines is 1. The molecule has 26 heavy (non-hydrogen) atoms. The van der Waals surface area contributed by atoms with Crippen LogP contribution in [0.1, 0.15) is 26.3 Å². The molecule has 0 saturated heterocycles. The number of nitrogens with one attached hydrogen (secondary N) is 1. The van der Waals surface area contributed by atoms with Gasteiger partial charge in [-0.1, -0.05) is 6.07 Å². The van der Waals surface area contributed by atoms with Crippen LogP contribution in [0.25, 0.3) is 0 Å². The third kappa shape index (κ3) is 4.60. The van der Waals surface area contributed by atoms with Crippen LogP contribution >= 0.6 is 0 Å². The van der Waals surface area contributed by atoms with E-state index in [9.17, 15) is 14.4 Å². The topological polar surface area (TPSA) is 90.9 Å². The Bertz CT molecular complexity index is 831. The second-order valence-corrected chi connectivity index (χ2v) is 5.39. The predicted octanol–water partition coefficient (Wildman–Crippen LogP) is 2.62. The van der Waals surface area contributed by atoms with E-state index in [1.807, 2.05) is 0 Å². The quantitative estimate of drug-likeness (QED) is 0.605. The molecular weight excluding hydrogens is 338 g/mol. The maximum Gasteiger partial charge on any atom is 0.337 e. The fraction of sp³-hybridized carbons (Fsp3) is 0.211. The van der Waals surface area contributed by atoms with Crippen LogP contribution in [-0.4, -0.2) is 39.0 Å². The first-order chi connectivity index (χ1) is 12.5. The average Bonchev–Trinajstić information content (AvgIpc) is 2.67. The van der Waals surface area contributed by atoms with E-state index in [0.717, 1.165) is 5.56 Å². The molecular formula is C19H19NO6. The summed E-state index contributed by atoms with van der Waals surface area (Å²) >= 11 is 0. The van der Waals surface area contributed by atoms with Gasteiger partial charge in [0.2, 0.25) is 0 Å². The van der Waals surface area contributed by atoms with Gasteiger partial charge in [-0.3, -0.25) is 9.59 Å². The summed E-state index contributed by atoms with van der Waals surface area (Å²) in [6.45, 7) is 1.51. The Morgan fingerprint density at radius 1 is 1.08 bits per heavy atom. The zero-order valence-corrected chi connectivity index (χ0v) is 14.7. The fourth-order valence-corrected chi connectivity index (χ4v) is 2.21. The van der Waals surface area contributed by atoms with Crippen LogP contribution in [0.15, 0.2) is 36.4 Å². The largest absolute Gasteiger partial charge is 0.493 e. The number of rotatable bonds is 7. The molecule has 0 unspecified atom stereocenters. The third-order valence-electron chi connectivity index (χ3n) is 3.62. The van der Waals surface area contributed by atoms with Gasteiger partial charge in [-0.2, -0.15) is 0 Å². The van der Waals surface area contributed by atoms with Crippen LogP contribution < -0.4 is 14.8 Å². The summed E-state index contributed by atoms with van der Waals surface area (Å²) < 4.78 is 15.3. The van der Waals surface area contributed by atoms with Crippen molar-refractivity contribution >= 4 is 23.9 Å². The number of esters is 1. The van der Waals surface area contributed by atoms with E-state index in [4.69, 9.17) is 9.47 Å². The highest BCUT2D eigenvalue weighted by Gasteiger charge is 2.12. The van der Waals surface area contributed by atoms with Gasteiger partial charge >= 0.3 is 5.97 Å². The number of carbonyl (C=O) groups is 3. The fourth-order valence-electron chi connectivity index (χ4n) is 2.21. The van der Waals surface area contributed by atoms with Crippen LogP contribution in [-0.2, 0) is 9.53 Å². The van der Waals surface area contributed by atoms with Crippen molar-refractivity contribution in [2.75, 3.05) is 26.1 Å². The van der Waals surface area contributed by atoms with Crippen molar-refractivity contribution in [3.63, 3.8) is 0 Å². The number of aryl methyl sites for hydroxylation is 1. The van der Waals surface area contributed by atoms with Crippen molar-refractivity contribution in [2.24, 2.45) is 0 Å². The summed E-state index contributed by atoms with van der Waals surface area (Å²) in [7, 11) is 2.75. The van der Waals surface area contributed by atoms with E-state index in [1.165, 1.54) is 26.4 Å². The van der Waals surface area contributed by atoms with Gasteiger partial charge in [-0.25, -0.2) is 4.79 Å². The minimum absolute atomic E-state index is 0.285. The van der Waals surface area contributed by atoms with E-state index >= 15 is 0 Å². The predicted molar refractivity (Wildman–Crippen MR) is 95.0 cm³/mol. The Labute approximate surface area is 150 Å². The summed E-state index contributed by atoms with van der Waals surface area (Å²) in [5.74, 6) is -0.222. The molecule has 0 spiro atoms. The summed E-state index contributed by atoms with van der Waals surface area (Å²) in [6, 6.07) is 9.51. The lowest BCUT2D eigenvalue weighted by molar-refractivity contribution is -0.118. The van der Waals surface area contributed by atoms with E-state index in [-0.39, 0.29) is 12.4 Å². The van der Waals surface area contributed by atoms with E-state index < -0.39 is 11.9 Å². The summed E-state index contributed by atoms with van der Waals surface area (Å²) in [6.07, 6.45) is 0.675. The summed E-state index contributed by atoms with van der Waals surface area (Å²) in [5.41, 5.74) is 2.00. The first kappa shape index (κ1) is 19.0.